The second-order valence-electron chi connectivity index (χ2n) is 5.73. The van der Waals surface area contributed by atoms with Crippen LogP contribution in [-0.4, -0.2) is 39.4 Å². The molecule has 11 heteroatoms. The maximum Gasteiger partial charge on any atom is 0.416 e. The van der Waals surface area contributed by atoms with Crippen LogP contribution in [0, 0.1) is 17.6 Å². The van der Waals surface area contributed by atoms with Gasteiger partial charge in [0.25, 0.3) is 0 Å². The van der Waals surface area contributed by atoms with E-state index in [0.717, 1.165) is 18.5 Å². The van der Waals surface area contributed by atoms with Crippen LogP contribution >= 0.6 is 0 Å². The molecule has 144 valence electrons. The Hall–Kier alpha value is -2.14. The first-order valence-corrected chi connectivity index (χ1v) is 7.38. The number of hydrogen-bond acceptors (Lipinski definition) is 4. The lowest BCUT2D eigenvalue weighted by Crippen LogP contribution is -2.42. The zero-order valence-corrected chi connectivity index (χ0v) is 13.4. The van der Waals surface area contributed by atoms with E-state index in [1.54, 1.807) is 0 Å². The van der Waals surface area contributed by atoms with E-state index in [0.29, 0.717) is 6.07 Å². The first kappa shape index (κ1) is 20.2. The lowest BCUT2D eigenvalue weighted by molar-refractivity contribution is -0.308. The summed E-state index contributed by atoms with van der Waals surface area (Å²) in [5.41, 5.74) is -2.64. The topological polar surface area (TPSA) is 71.0 Å². The van der Waals surface area contributed by atoms with Gasteiger partial charge in [-0.05, 0) is 6.07 Å². The van der Waals surface area contributed by atoms with Gasteiger partial charge in [-0.3, -0.25) is 5.10 Å². The highest BCUT2D eigenvalue weighted by Gasteiger charge is 2.45. The summed E-state index contributed by atoms with van der Waals surface area (Å²) < 4.78 is 81.7. The summed E-state index contributed by atoms with van der Waals surface area (Å²) in [5, 5.41) is 16.9. The molecule has 2 atom stereocenters. The number of aromatic nitrogens is 3. The standard InChI is InChI=1S/C15H15F6N3O2/c1-8(6-26-15(20,21)13(18)19)14(25,5-12-22-7-23-24-12)10-3-2-9(16)4-11(10)17/h2-4,7-8,13,25H,5-6H2,1H3,(H,22,23,24). The van der Waals surface area contributed by atoms with Crippen LogP contribution in [-0.2, 0) is 16.8 Å². The molecule has 0 radical (unpaired) electrons. The van der Waals surface area contributed by atoms with Crippen LogP contribution in [0.3, 0.4) is 0 Å². The van der Waals surface area contributed by atoms with Gasteiger partial charge >= 0.3 is 12.5 Å². The van der Waals surface area contributed by atoms with Gasteiger partial charge in [0, 0.05) is 24.0 Å². The summed E-state index contributed by atoms with van der Waals surface area (Å²) in [4.78, 5) is 3.76. The van der Waals surface area contributed by atoms with Crippen LogP contribution in [0.1, 0.15) is 18.3 Å². The third-order valence-electron chi connectivity index (χ3n) is 3.89. The molecule has 0 aliphatic carbocycles. The predicted molar refractivity (Wildman–Crippen MR) is 76.4 cm³/mol. The van der Waals surface area contributed by atoms with E-state index in [4.69, 9.17) is 0 Å². The van der Waals surface area contributed by atoms with E-state index in [1.165, 1.54) is 6.92 Å². The number of rotatable bonds is 8. The molecule has 2 N–H and O–H groups in total. The molecular weight excluding hydrogens is 368 g/mol. The summed E-state index contributed by atoms with van der Waals surface area (Å²) in [6.07, 6.45) is -8.13. The number of aromatic amines is 1. The van der Waals surface area contributed by atoms with Crippen LogP contribution in [0.2, 0.25) is 0 Å². The molecule has 26 heavy (non-hydrogen) atoms. The summed E-state index contributed by atoms with van der Waals surface area (Å²) in [6, 6.07) is 2.30. The van der Waals surface area contributed by atoms with Gasteiger partial charge in [0.2, 0.25) is 0 Å². The summed E-state index contributed by atoms with van der Waals surface area (Å²) in [5.74, 6) is -3.28. The SMILES string of the molecule is CC(COC(F)(F)C(F)F)C(O)(Cc1ncn[nH]1)c1ccc(F)cc1F. The molecule has 0 aliphatic rings. The molecule has 0 bridgehead atoms. The Labute approximate surface area is 144 Å². The largest absolute Gasteiger partial charge is 0.416 e. The molecule has 1 heterocycles. The number of benzene rings is 1. The smallest absolute Gasteiger partial charge is 0.384 e. The van der Waals surface area contributed by atoms with Crippen LogP contribution in [0.5, 0.6) is 0 Å². The Morgan fingerprint density at radius 1 is 1.27 bits per heavy atom. The van der Waals surface area contributed by atoms with Gasteiger partial charge in [0.05, 0.1) is 6.61 Å². The molecule has 2 rings (SSSR count). The molecule has 0 fully saturated rings. The van der Waals surface area contributed by atoms with Gasteiger partial charge in [0.1, 0.15) is 29.4 Å². The molecular formula is C15H15F6N3O2. The average Bonchev–Trinajstić information content (AvgIpc) is 3.04. The predicted octanol–water partition coefficient (Wildman–Crippen LogP) is 3.02. The molecule has 0 aliphatic heterocycles. The van der Waals surface area contributed by atoms with Crippen molar-refractivity contribution in [1.29, 1.82) is 0 Å². The fraction of sp³-hybridized carbons (Fsp3) is 0.467. The first-order chi connectivity index (χ1) is 12.1. The highest BCUT2D eigenvalue weighted by atomic mass is 19.3. The van der Waals surface area contributed by atoms with E-state index in [2.05, 4.69) is 19.9 Å². The van der Waals surface area contributed by atoms with E-state index in [-0.39, 0.29) is 5.82 Å². The highest BCUT2D eigenvalue weighted by molar-refractivity contribution is 5.27. The van der Waals surface area contributed by atoms with Crippen LogP contribution in [0.15, 0.2) is 24.5 Å². The van der Waals surface area contributed by atoms with E-state index in [1.807, 2.05) is 0 Å². The Morgan fingerprint density at radius 2 is 1.96 bits per heavy atom. The van der Waals surface area contributed by atoms with Gasteiger partial charge in [-0.1, -0.05) is 13.0 Å². The number of nitrogens with one attached hydrogen (secondary N) is 1. The lowest BCUT2D eigenvalue weighted by Gasteiger charge is -2.35. The molecule has 2 unspecified atom stereocenters. The van der Waals surface area contributed by atoms with Crippen LogP contribution in [0.25, 0.3) is 0 Å². The van der Waals surface area contributed by atoms with Crippen molar-refractivity contribution < 1.29 is 36.2 Å². The van der Waals surface area contributed by atoms with E-state index >= 15 is 0 Å². The molecule has 5 nitrogen and oxygen atoms in total. The minimum atomic E-state index is -4.73. The second-order valence-corrected chi connectivity index (χ2v) is 5.73. The summed E-state index contributed by atoms with van der Waals surface area (Å²) in [7, 11) is 0. The molecule has 0 saturated heterocycles. The summed E-state index contributed by atoms with van der Waals surface area (Å²) >= 11 is 0. The minimum absolute atomic E-state index is 0.0729. The van der Waals surface area contributed by atoms with Crippen LogP contribution < -0.4 is 0 Å². The van der Waals surface area contributed by atoms with Crippen molar-refractivity contribution in [3.05, 3.63) is 47.5 Å². The first-order valence-electron chi connectivity index (χ1n) is 7.38. The second kappa shape index (κ2) is 7.62. The van der Waals surface area contributed by atoms with E-state index < -0.39 is 54.3 Å². The Kier molecular flexibility index (Phi) is 5.91. The van der Waals surface area contributed by atoms with Crippen molar-refractivity contribution in [3.8, 4) is 0 Å². The third kappa shape index (κ3) is 4.33. The molecule has 1 aromatic heterocycles. The number of nitrogens with zero attached hydrogens (tertiary/aromatic N) is 2. The number of aliphatic hydroxyl groups is 1. The average molecular weight is 383 g/mol. The Balaban J connectivity index is 2.33. The third-order valence-corrected chi connectivity index (χ3v) is 3.89. The lowest BCUT2D eigenvalue weighted by atomic mass is 9.79. The number of ether oxygens (including phenoxy) is 1. The van der Waals surface area contributed by atoms with Crippen molar-refractivity contribution in [2.45, 2.75) is 31.5 Å². The monoisotopic (exact) mass is 383 g/mol. The molecule has 0 saturated carbocycles. The molecule has 2 aromatic rings. The Bertz CT molecular complexity index is 728. The van der Waals surface area contributed by atoms with Crippen molar-refractivity contribution in [2.24, 2.45) is 5.92 Å². The van der Waals surface area contributed by atoms with Gasteiger partial charge in [-0.2, -0.15) is 13.9 Å². The number of halogens is 6. The minimum Gasteiger partial charge on any atom is -0.384 e. The number of hydrogen-bond donors (Lipinski definition) is 2. The molecule has 0 spiro atoms. The zero-order chi connectivity index (χ0) is 19.5. The number of alkyl halides is 4. The number of H-pyrrole nitrogens is 1. The summed E-state index contributed by atoms with van der Waals surface area (Å²) in [6.45, 7) is 0.166. The van der Waals surface area contributed by atoms with Crippen molar-refractivity contribution >= 4 is 0 Å². The molecule has 1 aromatic carbocycles. The van der Waals surface area contributed by atoms with Gasteiger partial charge < -0.3 is 9.84 Å². The van der Waals surface area contributed by atoms with Crippen molar-refractivity contribution in [1.82, 2.24) is 15.2 Å². The van der Waals surface area contributed by atoms with Gasteiger partial charge in [-0.15, -0.1) is 0 Å². The maximum atomic E-state index is 14.2. The highest BCUT2D eigenvalue weighted by Crippen LogP contribution is 2.36. The quantitative estimate of drug-likeness (QED) is 0.688. The van der Waals surface area contributed by atoms with Crippen LogP contribution in [0.4, 0.5) is 26.3 Å². The van der Waals surface area contributed by atoms with Gasteiger partial charge in [0.15, 0.2) is 0 Å². The van der Waals surface area contributed by atoms with Gasteiger partial charge in [-0.25, -0.2) is 22.5 Å². The zero-order valence-electron chi connectivity index (χ0n) is 13.4. The maximum absolute atomic E-state index is 14.2. The Morgan fingerprint density at radius 3 is 2.50 bits per heavy atom. The fourth-order valence-electron chi connectivity index (χ4n) is 2.38. The fourth-order valence-corrected chi connectivity index (χ4v) is 2.38. The van der Waals surface area contributed by atoms with Crippen molar-refractivity contribution in [2.75, 3.05) is 6.61 Å². The molecule has 0 amide bonds. The van der Waals surface area contributed by atoms with Crippen molar-refractivity contribution in [3.63, 3.8) is 0 Å². The normalized spacial score (nSPS) is 15.9. The van der Waals surface area contributed by atoms with E-state index in [9.17, 15) is 31.4 Å².